The van der Waals surface area contributed by atoms with Crippen LogP contribution in [0.4, 0.5) is 10.5 Å². The molecule has 46 heavy (non-hydrogen) atoms. The number of urea groups is 1. The molecule has 238 valence electrons. The molecule has 1 aliphatic rings. The predicted molar refractivity (Wildman–Crippen MR) is 184 cm³/mol. The summed E-state index contributed by atoms with van der Waals surface area (Å²) in [6, 6.07) is 31.8. The van der Waals surface area contributed by atoms with Crippen LogP contribution in [0.2, 0.25) is 5.02 Å². The summed E-state index contributed by atoms with van der Waals surface area (Å²) in [6.07, 6.45) is 1.55. The van der Waals surface area contributed by atoms with E-state index in [9.17, 15) is 14.4 Å². The van der Waals surface area contributed by atoms with Crippen molar-refractivity contribution in [3.8, 4) is 11.1 Å². The largest absolute Gasteiger partial charge is 0.351 e. The maximum Gasteiger partial charge on any atom is 0.321 e. The second-order valence-corrected chi connectivity index (χ2v) is 11.9. The van der Waals surface area contributed by atoms with Gasteiger partial charge in [0.2, 0.25) is 5.91 Å². The Morgan fingerprint density at radius 2 is 1.61 bits per heavy atom. The molecular formula is C37H40ClN5O3. The first-order valence-corrected chi connectivity index (χ1v) is 16.1. The fraction of sp³-hybridized carbons (Fsp3) is 0.270. The van der Waals surface area contributed by atoms with Crippen LogP contribution < -0.4 is 16.4 Å². The highest BCUT2D eigenvalue weighted by atomic mass is 35.5. The zero-order valence-electron chi connectivity index (χ0n) is 26.0. The minimum Gasteiger partial charge on any atom is -0.351 e. The number of benzene rings is 4. The molecule has 9 heteroatoms. The Kier molecular flexibility index (Phi) is 11.1. The molecular weight excluding hydrogens is 598 g/mol. The number of carbonyl (C=O) groups is 3. The lowest BCUT2D eigenvalue weighted by molar-refractivity contribution is -0.136. The third-order valence-corrected chi connectivity index (χ3v) is 8.68. The molecule has 0 spiro atoms. The van der Waals surface area contributed by atoms with E-state index in [-0.39, 0.29) is 36.3 Å². The lowest BCUT2D eigenvalue weighted by Gasteiger charge is -2.42. The maximum atomic E-state index is 14.1. The number of hydrogen-bond acceptors (Lipinski definition) is 4. The van der Waals surface area contributed by atoms with E-state index in [1.807, 2.05) is 95.6 Å². The average molecular weight is 638 g/mol. The van der Waals surface area contributed by atoms with Crippen LogP contribution in [-0.4, -0.2) is 59.9 Å². The number of rotatable bonds is 10. The van der Waals surface area contributed by atoms with Gasteiger partial charge in [0, 0.05) is 48.5 Å². The number of halogens is 1. The van der Waals surface area contributed by atoms with E-state index in [4.69, 9.17) is 17.3 Å². The molecule has 1 saturated heterocycles. The van der Waals surface area contributed by atoms with Crippen molar-refractivity contribution in [2.75, 3.05) is 31.5 Å². The summed E-state index contributed by atoms with van der Waals surface area (Å²) in [5, 5.41) is 6.46. The van der Waals surface area contributed by atoms with Crippen LogP contribution >= 0.6 is 11.6 Å². The fourth-order valence-corrected chi connectivity index (χ4v) is 6.14. The van der Waals surface area contributed by atoms with Crippen LogP contribution in [-0.2, 0) is 11.2 Å². The Balaban J connectivity index is 1.38. The first-order valence-electron chi connectivity index (χ1n) is 15.7. The minimum absolute atomic E-state index is 0.00831. The van der Waals surface area contributed by atoms with Gasteiger partial charge in [-0.25, -0.2) is 4.79 Å². The molecule has 1 aliphatic heterocycles. The molecule has 0 aliphatic carbocycles. The summed E-state index contributed by atoms with van der Waals surface area (Å²) in [5.41, 5.74) is 10.5. The number of carbonyl (C=O) groups excluding carboxylic acids is 3. The van der Waals surface area contributed by atoms with Gasteiger partial charge in [0.25, 0.3) is 5.91 Å². The van der Waals surface area contributed by atoms with Crippen molar-refractivity contribution in [1.82, 2.24) is 15.1 Å². The van der Waals surface area contributed by atoms with Crippen LogP contribution in [0.3, 0.4) is 0 Å². The third-order valence-electron chi connectivity index (χ3n) is 8.43. The van der Waals surface area contributed by atoms with Gasteiger partial charge < -0.3 is 26.2 Å². The monoisotopic (exact) mass is 637 g/mol. The molecule has 5 rings (SSSR count). The number of para-hydroxylation sites is 1. The highest BCUT2D eigenvalue weighted by Gasteiger charge is 2.33. The molecule has 1 fully saturated rings. The second-order valence-electron chi connectivity index (χ2n) is 11.5. The Morgan fingerprint density at radius 1 is 0.913 bits per heavy atom. The summed E-state index contributed by atoms with van der Waals surface area (Å²) in [7, 11) is 0. The van der Waals surface area contributed by atoms with Gasteiger partial charge in [0.15, 0.2) is 0 Å². The topological polar surface area (TPSA) is 108 Å². The molecule has 0 radical (unpaired) electrons. The van der Waals surface area contributed by atoms with E-state index >= 15 is 0 Å². The smallest absolute Gasteiger partial charge is 0.321 e. The van der Waals surface area contributed by atoms with Crippen LogP contribution in [0.5, 0.6) is 0 Å². The van der Waals surface area contributed by atoms with Crippen molar-refractivity contribution in [2.24, 2.45) is 5.73 Å². The maximum absolute atomic E-state index is 14.1. The Morgan fingerprint density at radius 3 is 2.33 bits per heavy atom. The van der Waals surface area contributed by atoms with E-state index in [0.717, 1.165) is 27.9 Å². The molecule has 1 unspecified atom stereocenters. The van der Waals surface area contributed by atoms with Crippen molar-refractivity contribution in [3.05, 3.63) is 125 Å². The van der Waals surface area contributed by atoms with Gasteiger partial charge in [0.1, 0.15) is 0 Å². The van der Waals surface area contributed by atoms with Crippen molar-refractivity contribution in [1.29, 1.82) is 0 Å². The molecule has 4 aromatic carbocycles. The second kappa shape index (κ2) is 15.6. The lowest BCUT2D eigenvalue weighted by Crippen LogP contribution is -2.50. The van der Waals surface area contributed by atoms with Crippen molar-refractivity contribution >= 4 is 35.1 Å². The molecule has 1 heterocycles. The van der Waals surface area contributed by atoms with Gasteiger partial charge in [-0.15, -0.1) is 0 Å². The Bertz CT molecular complexity index is 1640. The predicted octanol–water partition coefficient (Wildman–Crippen LogP) is 6.52. The van der Waals surface area contributed by atoms with Gasteiger partial charge >= 0.3 is 6.03 Å². The Labute approximate surface area is 275 Å². The summed E-state index contributed by atoms with van der Waals surface area (Å²) >= 11 is 6.11. The van der Waals surface area contributed by atoms with Gasteiger partial charge in [-0.2, -0.15) is 0 Å². The summed E-state index contributed by atoms with van der Waals surface area (Å²) in [4.78, 5) is 43.8. The van der Waals surface area contributed by atoms with Gasteiger partial charge in [-0.3, -0.25) is 9.59 Å². The zero-order valence-corrected chi connectivity index (χ0v) is 26.7. The molecule has 1 atom stereocenters. The van der Waals surface area contributed by atoms with Crippen LogP contribution in [0.25, 0.3) is 11.1 Å². The van der Waals surface area contributed by atoms with Crippen LogP contribution in [0.1, 0.15) is 47.3 Å². The Hall–Kier alpha value is -4.66. The van der Waals surface area contributed by atoms with E-state index in [0.29, 0.717) is 49.6 Å². The third kappa shape index (κ3) is 8.13. The normalized spacial score (nSPS) is 13.9. The molecule has 8 nitrogen and oxygen atoms in total. The van der Waals surface area contributed by atoms with Crippen LogP contribution in [0, 0.1) is 0 Å². The lowest BCUT2D eigenvalue weighted by atomic mass is 9.93. The first kappa shape index (κ1) is 32.7. The number of amides is 4. The molecule has 0 saturated carbocycles. The fourth-order valence-electron chi connectivity index (χ4n) is 6.02. The molecule has 0 aromatic heterocycles. The first-order chi connectivity index (χ1) is 22.3. The number of hydrogen-bond donors (Lipinski definition) is 3. The number of anilines is 1. The van der Waals surface area contributed by atoms with Gasteiger partial charge in [-0.1, -0.05) is 78.3 Å². The van der Waals surface area contributed by atoms with Gasteiger partial charge in [-0.05, 0) is 78.4 Å². The number of likely N-dealkylation sites (tertiary alicyclic amines) is 1. The summed E-state index contributed by atoms with van der Waals surface area (Å²) < 4.78 is 0. The quantitative estimate of drug-likeness (QED) is 0.184. The summed E-state index contributed by atoms with van der Waals surface area (Å²) in [5.74, 6) is -0.170. The van der Waals surface area contributed by atoms with E-state index in [2.05, 4.69) is 16.7 Å². The average Bonchev–Trinajstić information content (AvgIpc) is 3.09. The van der Waals surface area contributed by atoms with Crippen molar-refractivity contribution in [3.63, 3.8) is 0 Å². The number of nitrogens with two attached hydrogens (primary N) is 1. The standard InChI is InChI=1S/C37H40ClN5O3/c1-26(28-8-7-9-29(25-28)33-12-5-6-13-34(33)36(45)40-21-20-39)43(35(44)24-27-14-16-30(38)17-15-27)32-18-22-42(23-19-32)37(46)41-31-10-3-2-4-11-31/h2-17,25-26,32H,18-24,39H2,1H3,(H,40,45)(H,41,46). The SMILES string of the molecule is CC(c1cccc(-c2ccccc2C(=O)NCCN)c1)N(C(=O)Cc1ccc(Cl)cc1)C1CCN(C(=O)Nc2ccccc2)CC1. The zero-order chi connectivity index (χ0) is 32.5. The molecule has 4 N–H and O–H groups in total. The number of piperidine rings is 1. The van der Waals surface area contributed by atoms with E-state index < -0.39 is 0 Å². The van der Waals surface area contributed by atoms with E-state index in [1.165, 1.54) is 0 Å². The summed E-state index contributed by atoms with van der Waals surface area (Å²) in [6.45, 7) is 3.87. The number of nitrogens with zero attached hydrogens (tertiary/aromatic N) is 2. The number of nitrogens with one attached hydrogen (secondary N) is 2. The highest BCUT2D eigenvalue weighted by Crippen LogP contribution is 2.32. The molecule has 4 amide bonds. The van der Waals surface area contributed by atoms with Crippen molar-refractivity contribution < 1.29 is 14.4 Å². The van der Waals surface area contributed by atoms with Crippen LogP contribution in [0.15, 0.2) is 103 Å². The molecule has 0 bridgehead atoms. The van der Waals surface area contributed by atoms with Crippen molar-refractivity contribution in [2.45, 2.75) is 38.3 Å². The van der Waals surface area contributed by atoms with E-state index in [1.54, 1.807) is 18.2 Å². The highest BCUT2D eigenvalue weighted by molar-refractivity contribution is 6.30. The molecule has 4 aromatic rings. The minimum atomic E-state index is -0.257. The van der Waals surface area contributed by atoms with Gasteiger partial charge in [0.05, 0.1) is 12.5 Å².